The third-order valence-corrected chi connectivity index (χ3v) is 0. The Hall–Kier alpha value is 2.81. The first-order valence-electron chi connectivity index (χ1n) is 1.41. The Morgan fingerprint density at radius 2 is 0.857 bits per heavy atom. The van der Waals surface area contributed by atoms with E-state index in [0.29, 0.717) is 0 Å². The van der Waals surface area contributed by atoms with Crippen molar-refractivity contribution in [1.82, 2.24) is 0 Å². The first-order valence-corrected chi connectivity index (χ1v) is 1.41. The summed E-state index contributed by atoms with van der Waals surface area (Å²) in [6.45, 7) is 10.0. The van der Waals surface area contributed by atoms with Gasteiger partial charge in [0.25, 0.3) is 0 Å². The molecule has 0 aromatic carbocycles. The summed E-state index contributed by atoms with van der Waals surface area (Å²) in [5.41, 5.74) is 0. The quantitative estimate of drug-likeness (QED) is 0.542. The van der Waals surface area contributed by atoms with Crippen molar-refractivity contribution in [3.63, 3.8) is 0 Å². The maximum Gasteiger partial charge on any atom is 2.00 e. The fourth-order valence-corrected chi connectivity index (χ4v) is 0. The van der Waals surface area contributed by atoms with Crippen molar-refractivity contribution in [3.8, 4) is 0 Å². The summed E-state index contributed by atoms with van der Waals surface area (Å²) in [6, 6.07) is 0. The van der Waals surface area contributed by atoms with E-state index in [4.69, 9.17) is 0 Å². The zero-order valence-corrected chi connectivity index (χ0v) is 8.87. The van der Waals surface area contributed by atoms with Crippen LogP contribution in [0.25, 0.3) is 0 Å². The molecule has 0 saturated carbocycles. The van der Waals surface area contributed by atoms with E-state index in [1.165, 1.54) is 0 Å². The molecule has 0 aliphatic rings. The minimum atomic E-state index is 0. The van der Waals surface area contributed by atoms with Crippen molar-refractivity contribution in [2.45, 2.75) is 13.8 Å². The Labute approximate surface area is 118 Å². The molecule has 2 heteroatoms. The molecule has 7 heavy (non-hydrogen) atoms. The van der Waals surface area contributed by atoms with Crippen LogP contribution in [0.4, 0.5) is 0 Å². The molecule has 0 unspecified atom stereocenters. The van der Waals surface area contributed by atoms with Gasteiger partial charge >= 0.3 is 46.9 Å². The standard InChI is InChI=1S/2C2H5.CH3.Tb.Yb/c2*1-2;;;/h2*1H2,2H3;1H3;;/q3*-1;;+2. The van der Waals surface area contributed by atoms with Gasteiger partial charge < -0.3 is 21.3 Å². The van der Waals surface area contributed by atoms with Gasteiger partial charge in [0.15, 0.2) is 0 Å². The van der Waals surface area contributed by atoms with Gasteiger partial charge in [0.2, 0.25) is 0 Å². The normalized spacial score (nSPS) is 1.71. The monoisotopic (exact) mass is 406 g/mol. The van der Waals surface area contributed by atoms with E-state index in [2.05, 4.69) is 13.8 Å². The molecule has 0 amide bonds. The molecule has 0 atom stereocenters. The van der Waals surface area contributed by atoms with Crippen LogP contribution in [0.3, 0.4) is 0 Å². The fourth-order valence-electron chi connectivity index (χ4n) is 0. The number of rotatable bonds is 0. The van der Waals surface area contributed by atoms with Gasteiger partial charge in [-0.2, -0.15) is 13.8 Å². The Morgan fingerprint density at radius 1 is 0.857 bits per heavy atom. The van der Waals surface area contributed by atoms with E-state index in [1.54, 1.807) is 13.8 Å². The molecule has 0 bridgehead atoms. The third-order valence-electron chi connectivity index (χ3n) is 0. The third kappa shape index (κ3) is 51.8. The summed E-state index contributed by atoms with van der Waals surface area (Å²) in [5, 5.41) is 0. The maximum atomic E-state index is 3.25. The van der Waals surface area contributed by atoms with E-state index in [0.717, 1.165) is 0 Å². The van der Waals surface area contributed by atoms with Gasteiger partial charge in [-0.05, 0) is 0 Å². The van der Waals surface area contributed by atoms with Crippen LogP contribution in [0.2, 0.25) is 0 Å². The van der Waals surface area contributed by atoms with Gasteiger partial charge in [-0.25, -0.2) is 0 Å². The molecule has 57 valence electrons. The maximum absolute atomic E-state index is 3.25. The molecule has 0 aromatic heterocycles. The summed E-state index contributed by atoms with van der Waals surface area (Å²) >= 11 is 0. The fraction of sp³-hybridized carbons (Fsp3) is 0.400. The van der Waals surface area contributed by atoms with Crippen LogP contribution < -0.4 is 0 Å². The van der Waals surface area contributed by atoms with Gasteiger partial charge in [-0.3, -0.25) is 0 Å². The van der Waals surface area contributed by atoms with E-state index in [9.17, 15) is 0 Å². The minimum absolute atomic E-state index is 0. The summed E-state index contributed by atoms with van der Waals surface area (Å²) in [6.07, 6.45) is 0. The molecule has 0 spiro atoms. The summed E-state index contributed by atoms with van der Waals surface area (Å²) in [7, 11) is 0. The smallest absolute Gasteiger partial charge is 0.358 e. The van der Waals surface area contributed by atoms with Crippen molar-refractivity contribution < 1.29 is 85.5 Å². The molecule has 0 N–H and O–H groups in total. The van der Waals surface area contributed by atoms with E-state index in [1.807, 2.05) is 0 Å². The minimum Gasteiger partial charge on any atom is -0.358 e. The molecular formula is C5H13TbYb-. The molecule has 0 aliphatic carbocycles. The topological polar surface area (TPSA) is 0 Å². The van der Waals surface area contributed by atoms with Gasteiger partial charge in [-0.1, -0.05) is 0 Å². The number of hydrogen-bond donors (Lipinski definition) is 0. The summed E-state index contributed by atoms with van der Waals surface area (Å²) in [5.74, 6) is 0. The van der Waals surface area contributed by atoms with Gasteiger partial charge in [0, 0.05) is 38.6 Å². The molecule has 0 aromatic rings. The largest absolute Gasteiger partial charge is 2.00 e. The second kappa shape index (κ2) is 68.2. The van der Waals surface area contributed by atoms with Crippen LogP contribution in [0.1, 0.15) is 13.8 Å². The predicted molar refractivity (Wildman–Crippen MR) is 28.5 cm³/mol. The average molecular weight is 405 g/mol. The zero-order chi connectivity index (χ0) is 4.00. The van der Waals surface area contributed by atoms with Crippen LogP contribution in [0, 0.1) is 107 Å². The molecule has 0 heterocycles. The summed E-state index contributed by atoms with van der Waals surface area (Å²) < 4.78 is 0. The second-order valence-electron chi connectivity index (χ2n) is 0. The molecule has 1 radical (unpaired) electrons. The van der Waals surface area contributed by atoms with Crippen molar-refractivity contribution in [3.05, 3.63) is 21.3 Å². The van der Waals surface area contributed by atoms with Crippen LogP contribution in [-0.4, -0.2) is 0 Å². The zero-order valence-electron chi connectivity index (χ0n) is 5.01. The molecule has 0 nitrogen and oxygen atoms in total. The van der Waals surface area contributed by atoms with E-state index >= 15 is 0 Å². The molecular weight excluding hydrogens is 392 g/mol. The van der Waals surface area contributed by atoms with Gasteiger partial charge in [0.1, 0.15) is 0 Å². The van der Waals surface area contributed by atoms with Crippen molar-refractivity contribution >= 4 is 0 Å². The van der Waals surface area contributed by atoms with Crippen molar-refractivity contribution in [1.29, 1.82) is 0 Å². The summed E-state index contributed by atoms with van der Waals surface area (Å²) in [4.78, 5) is 0. The molecule has 0 aliphatic heterocycles. The molecule has 0 rings (SSSR count). The Kier molecular flexibility index (Phi) is 321. The van der Waals surface area contributed by atoms with Crippen molar-refractivity contribution in [2.75, 3.05) is 0 Å². The molecule has 0 saturated heterocycles. The first-order chi connectivity index (χ1) is 2.00. The Balaban J connectivity index is -0.00000000267. The van der Waals surface area contributed by atoms with E-state index in [-0.39, 0.29) is 93.0 Å². The van der Waals surface area contributed by atoms with Gasteiger partial charge in [0.05, 0.1) is 0 Å². The van der Waals surface area contributed by atoms with Crippen LogP contribution in [-0.2, 0) is 0 Å². The SMILES string of the molecule is [CH2-]C.[CH2-]C.[CH3-].[Tb].[Yb+2]. The Bertz CT molecular complexity index is 8.04. The Morgan fingerprint density at radius 3 is 0.857 bits per heavy atom. The average Bonchev–Trinajstić information content (AvgIpc) is 1.50. The predicted octanol–water partition coefficient (Wildman–Crippen LogP) is 2.13. The number of hydrogen-bond acceptors (Lipinski definition) is 0. The first kappa shape index (κ1) is 32.9. The van der Waals surface area contributed by atoms with Crippen LogP contribution in [0.5, 0.6) is 0 Å². The molecule has 0 fully saturated rings. The van der Waals surface area contributed by atoms with Crippen molar-refractivity contribution in [2.24, 2.45) is 0 Å². The second-order valence-corrected chi connectivity index (χ2v) is 0. The van der Waals surface area contributed by atoms with E-state index < -0.39 is 0 Å². The van der Waals surface area contributed by atoms with Crippen LogP contribution in [0.15, 0.2) is 0 Å². The van der Waals surface area contributed by atoms with Gasteiger partial charge in [-0.15, -0.1) is 0 Å². The van der Waals surface area contributed by atoms with Crippen LogP contribution >= 0.6 is 0 Å².